The number of imide groups is 1. The molecule has 14 heteroatoms. The van der Waals surface area contributed by atoms with Gasteiger partial charge in [-0.05, 0) is 69.5 Å². The van der Waals surface area contributed by atoms with E-state index in [9.17, 15) is 28.8 Å². The van der Waals surface area contributed by atoms with Crippen LogP contribution in [0.15, 0.2) is 78.9 Å². The number of aryl methyl sites for hydroxylation is 1. The van der Waals surface area contributed by atoms with Crippen molar-refractivity contribution in [2.45, 2.75) is 65.5 Å². The second-order valence-corrected chi connectivity index (χ2v) is 12.5. The molecule has 0 spiro atoms. The Morgan fingerprint density at radius 3 is 2.16 bits per heavy atom. The minimum Gasteiger partial charge on any atom is -0.461 e. The van der Waals surface area contributed by atoms with Crippen LogP contribution in [0.1, 0.15) is 44.4 Å². The van der Waals surface area contributed by atoms with Crippen LogP contribution in [0.5, 0.6) is 0 Å². The summed E-state index contributed by atoms with van der Waals surface area (Å²) >= 11 is 0. The number of hydrogen-bond acceptors (Lipinski definition) is 8. The third-order valence-electron chi connectivity index (χ3n) is 7.80. The van der Waals surface area contributed by atoms with Crippen molar-refractivity contribution in [3.05, 3.63) is 95.6 Å². The van der Waals surface area contributed by atoms with Crippen LogP contribution >= 0.6 is 0 Å². The van der Waals surface area contributed by atoms with Crippen LogP contribution in [0.4, 0.5) is 25.8 Å². The minimum atomic E-state index is -1.30. The number of alkyl carbamates (subject to hydrolysis) is 1. The highest BCUT2D eigenvalue weighted by atomic mass is 16.6. The molecule has 1 atom stereocenters. The van der Waals surface area contributed by atoms with E-state index in [1.54, 1.807) is 82.3 Å². The number of anilines is 2. The highest BCUT2D eigenvalue weighted by Gasteiger charge is 2.51. The molecule has 1 fully saturated rings. The summed E-state index contributed by atoms with van der Waals surface area (Å²) in [6.07, 6.45) is -1.39. The van der Waals surface area contributed by atoms with Crippen molar-refractivity contribution < 1.29 is 38.2 Å². The topological polar surface area (TPSA) is 175 Å². The van der Waals surface area contributed by atoms with Gasteiger partial charge in [0, 0.05) is 24.5 Å². The van der Waals surface area contributed by atoms with E-state index >= 15 is 0 Å². The van der Waals surface area contributed by atoms with Crippen LogP contribution in [-0.2, 0) is 37.0 Å². The molecular weight excluding hydrogens is 644 g/mol. The maximum absolute atomic E-state index is 13.4. The molecule has 14 nitrogen and oxygen atoms in total. The van der Waals surface area contributed by atoms with Gasteiger partial charge in [0.05, 0.1) is 6.10 Å². The first-order valence-corrected chi connectivity index (χ1v) is 16.0. The van der Waals surface area contributed by atoms with Gasteiger partial charge in [0.25, 0.3) is 5.91 Å². The summed E-state index contributed by atoms with van der Waals surface area (Å²) in [7, 11) is 0. The third kappa shape index (κ3) is 9.81. The van der Waals surface area contributed by atoms with Crippen molar-refractivity contribution in [2.24, 2.45) is 0 Å². The van der Waals surface area contributed by atoms with E-state index in [4.69, 9.17) is 9.47 Å². The lowest BCUT2D eigenvalue weighted by atomic mass is 10.0. The molecule has 0 aliphatic carbocycles. The first kappa shape index (κ1) is 36.9. The second-order valence-electron chi connectivity index (χ2n) is 12.5. The first-order chi connectivity index (χ1) is 23.7. The number of esters is 1. The molecule has 0 aromatic heterocycles. The Bertz CT molecular complexity index is 1710. The molecule has 1 aliphatic rings. The molecule has 3 aromatic carbocycles. The number of para-hydroxylation sites is 1. The first-order valence-electron chi connectivity index (χ1n) is 16.0. The van der Waals surface area contributed by atoms with Gasteiger partial charge in [-0.15, -0.1) is 0 Å². The zero-order valence-electron chi connectivity index (χ0n) is 28.6. The van der Waals surface area contributed by atoms with Crippen LogP contribution in [0.25, 0.3) is 0 Å². The smallest absolute Gasteiger partial charge is 0.408 e. The molecule has 0 radical (unpaired) electrons. The zero-order valence-corrected chi connectivity index (χ0v) is 28.6. The molecule has 4 rings (SSSR count). The minimum absolute atomic E-state index is 0.0386. The lowest BCUT2D eigenvalue weighted by molar-refractivity contribution is -0.149. The van der Waals surface area contributed by atoms with Crippen LogP contribution in [0, 0.1) is 6.92 Å². The van der Waals surface area contributed by atoms with Crippen LogP contribution < -0.4 is 21.3 Å². The normalized spacial score (nSPS) is 14.2. The summed E-state index contributed by atoms with van der Waals surface area (Å²) in [5, 5.41) is 10.5. The van der Waals surface area contributed by atoms with Crippen LogP contribution in [0.2, 0.25) is 0 Å². The highest BCUT2D eigenvalue weighted by Crippen LogP contribution is 2.29. The fraction of sp³-hybridized carbons (Fsp3) is 0.333. The molecule has 1 aliphatic heterocycles. The van der Waals surface area contributed by atoms with Gasteiger partial charge in [0.15, 0.2) is 0 Å². The van der Waals surface area contributed by atoms with Gasteiger partial charge in [-0.25, -0.2) is 19.2 Å². The van der Waals surface area contributed by atoms with Crippen molar-refractivity contribution in [3.63, 3.8) is 0 Å². The van der Waals surface area contributed by atoms with Gasteiger partial charge in [0.2, 0.25) is 5.91 Å². The highest BCUT2D eigenvalue weighted by molar-refractivity contribution is 6.08. The summed E-state index contributed by atoms with van der Waals surface area (Å²) in [5.41, 5.74) is 2.28. The second kappa shape index (κ2) is 16.5. The summed E-state index contributed by atoms with van der Waals surface area (Å²) < 4.78 is 10.4. The lowest BCUT2D eigenvalue weighted by Crippen LogP contribution is -2.51. The van der Waals surface area contributed by atoms with E-state index in [0.717, 1.165) is 16.0 Å². The molecule has 50 heavy (non-hydrogen) atoms. The summed E-state index contributed by atoms with van der Waals surface area (Å²) in [6.45, 7) is 7.36. The maximum Gasteiger partial charge on any atom is 0.408 e. The molecular formula is C36H42N6O8. The van der Waals surface area contributed by atoms with Crippen molar-refractivity contribution in [1.82, 2.24) is 20.4 Å². The third-order valence-corrected chi connectivity index (χ3v) is 7.80. The summed E-state index contributed by atoms with van der Waals surface area (Å²) in [5.74, 6) is -2.11. The Morgan fingerprint density at radius 2 is 1.50 bits per heavy atom. The fourth-order valence-electron chi connectivity index (χ4n) is 5.03. The van der Waals surface area contributed by atoms with E-state index < -0.39 is 60.2 Å². The fourth-order valence-corrected chi connectivity index (χ4v) is 5.03. The number of carbonyl (C=O) groups is 6. The number of hydrogen-bond donors (Lipinski definition) is 4. The standard InChI is InChI=1S/C36H42N6O8/c1-23(2)50-31(44)29(40-34(47)49-22-26-12-7-6-8-13-26)19-37-30(43)21-41-32(45)36(4,5)42(35(41)48)20-25-15-17-27(18-16-25)38-33(46)39-28-14-10-9-11-24(28)3/h6-18,23,29H,19-22H2,1-5H3,(H,37,43)(H,40,47)(H2,38,39,46)/t29-/m0/s1. The molecule has 7 amide bonds. The van der Waals surface area contributed by atoms with Gasteiger partial charge in [-0.3, -0.25) is 14.5 Å². The quantitative estimate of drug-likeness (QED) is 0.150. The molecule has 0 saturated carbocycles. The van der Waals surface area contributed by atoms with Gasteiger partial charge in [-0.1, -0.05) is 60.7 Å². The molecule has 264 valence electrons. The Balaban J connectivity index is 1.32. The maximum atomic E-state index is 13.4. The van der Waals surface area contributed by atoms with E-state index in [-0.39, 0.29) is 19.7 Å². The van der Waals surface area contributed by atoms with Crippen molar-refractivity contribution in [3.8, 4) is 0 Å². The monoisotopic (exact) mass is 686 g/mol. The average molecular weight is 687 g/mol. The number of benzene rings is 3. The van der Waals surface area contributed by atoms with Gasteiger partial charge < -0.3 is 35.6 Å². The molecule has 0 unspecified atom stereocenters. The van der Waals surface area contributed by atoms with Crippen LogP contribution in [-0.4, -0.2) is 76.5 Å². The molecule has 0 bridgehead atoms. The number of nitrogens with zero attached hydrogens (tertiary/aromatic N) is 2. The lowest BCUT2D eigenvalue weighted by Gasteiger charge is -2.27. The van der Waals surface area contributed by atoms with Crippen molar-refractivity contribution in [1.29, 1.82) is 0 Å². The van der Waals surface area contributed by atoms with Crippen molar-refractivity contribution in [2.75, 3.05) is 23.7 Å². The van der Waals surface area contributed by atoms with E-state index in [0.29, 0.717) is 16.9 Å². The van der Waals surface area contributed by atoms with Crippen molar-refractivity contribution >= 4 is 47.3 Å². The largest absolute Gasteiger partial charge is 0.461 e. The predicted octanol–water partition coefficient (Wildman–Crippen LogP) is 4.54. The molecule has 4 N–H and O–H groups in total. The number of amides is 7. The van der Waals surface area contributed by atoms with Gasteiger partial charge in [-0.2, -0.15) is 0 Å². The molecule has 3 aromatic rings. The number of nitrogens with one attached hydrogen (secondary N) is 4. The van der Waals surface area contributed by atoms with Crippen LogP contribution in [0.3, 0.4) is 0 Å². The van der Waals surface area contributed by atoms with E-state index in [2.05, 4.69) is 21.3 Å². The van der Waals surface area contributed by atoms with E-state index in [1.165, 1.54) is 4.90 Å². The number of carbonyl (C=O) groups excluding carboxylic acids is 6. The Kier molecular flexibility index (Phi) is 12.1. The Labute approximate surface area is 290 Å². The average Bonchev–Trinajstić information content (AvgIpc) is 3.22. The zero-order chi connectivity index (χ0) is 36.4. The Morgan fingerprint density at radius 1 is 0.840 bits per heavy atom. The Hall–Kier alpha value is -5.92. The summed E-state index contributed by atoms with van der Waals surface area (Å²) in [4.78, 5) is 79.5. The van der Waals surface area contributed by atoms with E-state index in [1.807, 2.05) is 31.2 Å². The van der Waals surface area contributed by atoms with Gasteiger partial charge >= 0.3 is 24.1 Å². The number of rotatable bonds is 13. The molecule has 1 heterocycles. The predicted molar refractivity (Wildman–Crippen MR) is 185 cm³/mol. The van der Waals surface area contributed by atoms with Gasteiger partial charge in [0.1, 0.15) is 24.7 Å². The molecule has 1 saturated heterocycles. The number of ether oxygens (including phenoxy) is 2. The summed E-state index contributed by atoms with van der Waals surface area (Å²) in [6, 6.07) is 20.7. The SMILES string of the molecule is Cc1ccccc1NC(=O)Nc1ccc(CN2C(=O)N(CC(=O)NC[C@H](NC(=O)OCc3ccccc3)C(=O)OC(C)C)C(=O)C2(C)C)cc1. The number of urea groups is 2.